The van der Waals surface area contributed by atoms with Crippen molar-refractivity contribution in [1.82, 2.24) is 25.4 Å². The van der Waals surface area contributed by atoms with Crippen molar-refractivity contribution in [1.29, 1.82) is 0 Å². The van der Waals surface area contributed by atoms with Crippen molar-refractivity contribution in [3.63, 3.8) is 0 Å². The van der Waals surface area contributed by atoms with Crippen LogP contribution in [0, 0.1) is 6.92 Å². The van der Waals surface area contributed by atoms with Crippen LogP contribution < -0.4 is 10.6 Å². The molecule has 7 nitrogen and oxygen atoms in total. The first-order chi connectivity index (χ1) is 13.8. The minimum Gasteiger partial charge on any atom is -0.376 e. The summed E-state index contributed by atoms with van der Waals surface area (Å²) in [7, 11) is 1.88. The van der Waals surface area contributed by atoms with E-state index in [-0.39, 0.29) is 12.6 Å². The SMILES string of the molecule is Cc1nnc(CNC(=NCc2ccc(C(F)(F)F)cc2)NCC2CCCO2)n1C. The lowest BCUT2D eigenvalue weighted by atomic mass is 10.1. The number of hydrogen-bond acceptors (Lipinski definition) is 4. The zero-order valence-corrected chi connectivity index (χ0v) is 16.5. The minimum absolute atomic E-state index is 0.130. The molecule has 2 aromatic rings. The zero-order chi connectivity index (χ0) is 20.9. The standard InChI is InChI=1S/C19H25F3N6O/c1-13-26-27-17(28(13)2)12-25-18(24-11-16-4-3-9-29-16)23-10-14-5-7-15(8-6-14)19(20,21)22/h5-8,16H,3-4,9-12H2,1-2H3,(H2,23,24,25). The van der Waals surface area contributed by atoms with Gasteiger partial charge in [0.2, 0.25) is 0 Å². The lowest BCUT2D eigenvalue weighted by Gasteiger charge is -2.15. The number of aryl methyl sites for hydroxylation is 1. The second-order valence-electron chi connectivity index (χ2n) is 6.95. The quantitative estimate of drug-likeness (QED) is 0.566. The number of halogens is 3. The van der Waals surface area contributed by atoms with Gasteiger partial charge in [-0.05, 0) is 37.5 Å². The van der Waals surface area contributed by atoms with E-state index in [1.165, 1.54) is 12.1 Å². The van der Waals surface area contributed by atoms with Crippen LogP contribution in [0.4, 0.5) is 13.2 Å². The normalized spacial score (nSPS) is 17.6. The molecule has 2 heterocycles. The summed E-state index contributed by atoms with van der Waals surface area (Å²) in [5.41, 5.74) is 0.0171. The van der Waals surface area contributed by atoms with E-state index >= 15 is 0 Å². The molecular weight excluding hydrogens is 385 g/mol. The zero-order valence-electron chi connectivity index (χ0n) is 16.5. The topological polar surface area (TPSA) is 76.4 Å². The lowest BCUT2D eigenvalue weighted by molar-refractivity contribution is -0.137. The van der Waals surface area contributed by atoms with E-state index < -0.39 is 11.7 Å². The van der Waals surface area contributed by atoms with Gasteiger partial charge in [0.1, 0.15) is 5.82 Å². The Bertz CT molecular complexity index is 825. The van der Waals surface area contributed by atoms with Gasteiger partial charge in [-0.3, -0.25) is 0 Å². The molecule has 0 radical (unpaired) electrons. The number of nitrogens with one attached hydrogen (secondary N) is 2. The lowest BCUT2D eigenvalue weighted by Crippen LogP contribution is -2.41. The van der Waals surface area contributed by atoms with Gasteiger partial charge in [0, 0.05) is 20.2 Å². The molecule has 1 aromatic carbocycles. The first-order valence-electron chi connectivity index (χ1n) is 9.47. The summed E-state index contributed by atoms with van der Waals surface area (Å²) >= 11 is 0. The Kier molecular flexibility index (Phi) is 6.73. The highest BCUT2D eigenvalue weighted by Crippen LogP contribution is 2.29. The predicted molar refractivity (Wildman–Crippen MR) is 102 cm³/mol. The highest BCUT2D eigenvalue weighted by molar-refractivity contribution is 5.79. The second kappa shape index (κ2) is 9.25. The van der Waals surface area contributed by atoms with Crippen molar-refractivity contribution in [3.8, 4) is 0 Å². The fraction of sp³-hybridized carbons (Fsp3) is 0.526. The predicted octanol–water partition coefficient (Wildman–Crippen LogP) is 2.56. The molecule has 0 amide bonds. The molecule has 0 aliphatic carbocycles. The van der Waals surface area contributed by atoms with Crippen molar-refractivity contribution in [2.75, 3.05) is 13.2 Å². The third kappa shape index (κ3) is 5.93. The number of hydrogen-bond donors (Lipinski definition) is 2. The Morgan fingerprint density at radius 3 is 2.59 bits per heavy atom. The number of rotatable bonds is 6. The molecule has 1 unspecified atom stereocenters. The summed E-state index contributed by atoms with van der Waals surface area (Å²) in [5.74, 6) is 2.10. The summed E-state index contributed by atoms with van der Waals surface area (Å²) in [6.07, 6.45) is -2.19. The van der Waals surface area contributed by atoms with Gasteiger partial charge >= 0.3 is 6.18 Å². The Labute approximate surface area is 167 Å². The van der Waals surface area contributed by atoms with Gasteiger partial charge in [-0.15, -0.1) is 10.2 Å². The third-order valence-electron chi connectivity index (χ3n) is 4.82. The fourth-order valence-electron chi connectivity index (χ4n) is 2.93. The molecule has 2 N–H and O–H groups in total. The highest BCUT2D eigenvalue weighted by Gasteiger charge is 2.29. The molecule has 3 rings (SSSR count). The summed E-state index contributed by atoms with van der Waals surface area (Å²) in [5, 5.41) is 14.6. The molecule has 0 saturated carbocycles. The average molecular weight is 410 g/mol. The average Bonchev–Trinajstić information content (AvgIpc) is 3.32. The number of aromatic nitrogens is 3. The molecule has 0 bridgehead atoms. The van der Waals surface area contributed by atoms with Crippen molar-refractivity contribution in [3.05, 3.63) is 47.0 Å². The molecule has 1 fully saturated rings. The van der Waals surface area contributed by atoms with Crippen molar-refractivity contribution in [2.45, 2.75) is 45.1 Å². The van der Waals surface area contributed by atoms with Crippen LogP contribution in [0.3, 0.4) is 0 Å². The van der Waals surface area contributed by atoms with Crippen LogP contribution in [-0.4, -0.2) is 40.0 Å². The van der Waals surface area contributed by atoms with E-state index in [0.29, 0.717) is 24.6 Å². The van der Waals surface area contributed by atoms with Crippen LogP contribution in [0.2, 0.25) is 0 Å². The summed E-state index contributed by atoms with van der Waals surface area (Å²) < 4.78 is 45.6. The monoisotopic (exact) mass is 410 g/mol. The largest absolute Gasteiger partial charge is 0.416 e. The van der Waals surface area contributed by atoms with E-state index in [1.807, 2.05) is 18.5 Å². The molecule has 1 saturated heterocycles. The third-order valence-corrected chi connectivity index (χ3v) is 4.82. The molecule has 1 aliphatic heterocycles. The van der Waals surface area contributed by atoms with Crippen LogP contribution in [0.25, 0.3) is 0 Å². The summed E-state index contributed by atoms with van der Waals surface area (Å²) in [6.45, 7) is 3.90. The number of guanidine groups is 1. The molecule has 0 spiro atoms. The van der Waals surface area contributed by atoms with Crippen molar-refractivity contribution < 1.29 is 17.9 Å². The van der Waals surface area contributed by atoms with Crippen LogP contribution in [0.5, 0.6) is 0 Å². The van der Waals surface area contributed by atoms with E-state index in [9.17, 15) is 13.2 Å². The van der Waals surface area contributed by atoms with Gasteiger partial charge in [0.25, 0.3) is 0 Å². The molecule has 1 aromatic heterocycles. The van der Waals surface area contributed by atoms with Gasteiger partial charge < -0.3 is 19.9 Å². The Morgan fingerprint density at radius 1 is 1.24 bits per heavy atom. The van der Waals surface area contributed by atoms with Crippen LogP contribution >= 0.6 is 0 Å². The van der Waals surface area contributed by atoms with Gasteiger partial charge in [0.05, 0.1) is 24.8 Å². The van der Waals surface area contributed by atoms with E-state index in [4.69, 9.17) is 4.74 Å². The number of benzene rings is 1. The second-order valence-corrected chi connectivity index (χ2v) is 6.95. The van der Waals surface area contributed by atoms with E-state index in [0.717, 1.165) is 43.2 Å². The molecular formula is C19H25F3N6O. The van der Waals surface area contributed by atoms with Gasteiger partial charge in [-0.25, -0.2) is 4.99 Å². The highest BCUT2D eigenvalue weighted by atomic mass is 19.4. The smallest absolute Gasteiger partial charge is 0.376 e. The first-order valence-corrected chi connectivity index (χ1v) is 9.47. The summed E-state index contributed by atoms with van der Waals surface area (Å²) in [4.78, 5) is 4.50. The van der Waals surface area contributed by atoms with E-state index in [1.54, 1.807) is 0 Å². The number of alkyl halides is 3. The number of nitrogens with zero attached hydrogens (tertiary/aromatic N) is 4. The maximum absolute atomic E-state index is 12.7. The Balaban J connectivity index is 1.64. The number of ether oxygens (including phenoxy) is 1. The Hall–Kier alpha value is -2.62. The number of aliphatic imine (C=N–C) groups is 1. The van der Waals surface area contributed by atoms with Gasteiger partial charge in [-0.1, -0.05) is 12.1 Å². The molecule has 1 aliphatic rings. The first kappa shape index (κ1) is 21.1. The fourth-order valence-corrected chi connectivity index (χ4v) is 2.93. The van der Waals surface area contributed by atoms with Crippen LogP contribution in [0.15, 0.2) is 29.3 Å². The van der Waals surface area contributed by atoms with Crippen molar-refractivity contribution >= 4 is 5.96 Å². The van der Waals surface area contributed by atoms with Gasteiger partial charge in [-0.2, -0.15) is 13.2 Å². The minimum atomic E-state index is -4.34. The Morgan fingerprint density at radius 2 is 2.00 bits per heavy atom. The molecule has 1 atom stereocenters. The summed E-state index contributed by atoms with van der Waals surface area (Å²) in [6, 6.07) is 5.02. The molecule has 158 valence electrons. The van der Waals surface area contributed by atoms with E-state index in [2.05, 4.69) is 25.8 Å². The molecule has 10 heteroatoms. The maximum Gasteiger partial charge on any atom is 0.416 e. The maximum atomic E-state index is 12.7. The molecule has 29 heavy (non-hydrogen) atoms. The van der Waals surface area contributed by atoms with Crippen LogP contribution in [-0.2, 0) is 31.1 Å². The van der Waals surface area contributed by atoms with Gasteiger partial charge in [0.15, 0.2) is 11.8 Å². The van der Waals surface area contributed by atoms with Crippen LogP contribution in [0.1, 0.15) is 35.6 Å². The van der Waals surface area contributed by atoms with Crippen molar-refractivity contribution in [2.24, 2.45) is 12.0 Å².